The summed E-state index contributed by atoms with van der Waals surface area (Å²) in [6.07, 6.45) is 0.123. The van der Waals surface area contributed by atoms with E-state index in [0.29, 0.717) is 44.9 Å². The third-order valence-electron chi connectivity index (χ3n) is 5.35. The van der Waals surface area contributed by atoms with Crippen LogP contribution in [0.1, 0.15) is 39.1 Å². The van der Waals surface area contributed by atoms with Gasteiger partial charge in [-0.25, -0.2) is 4.98 Å². The van der Waals surface area contributed by atoms with Crippen LogP contribution in [0.15, 0.2) is 42.5 Å². The number of nitrogens with two attached hydrogens (primary N) is 1. The minimum absolute atomic E-state index is 0.123. The van der Waals surface area contributed by atoms with Crippen molar-refractivity contribution in [3.8, 4) is 22.1 Å². The van der Waals surface area contributed by atoms with Crippen molar-refractivity contribution in [2.24, 2.45) is 5.73 Å². The fourth-order valence-corrected chi connectivity index (χ4v) is 4.44. The number of carbonyl (C=O) groups is 3. The van der Waals surface area contributed by atoms with Crippen molar-refractivity contribution in [2.45, 2.75) is 20.3 Å². The average molecular weight is 497 g/mol. The highest BCUT2D eigenvalue weighted by molar-refractivity contribution is 7.17. The summed E-state index contributed by atoms with van der Waals surface area (Å²) in [4.78, 5) is 43.5. The van der Waals surface area contributed by atoms with Crippen LogP contribution in [-0.4, -0.2) is 54.9 Å². The van der Waals surface area contributed by atoms with Gasteiger partial charge in [0.05, 0.1) is 19.9 Å². The highest BCUT2D eigenvalue weighted by atomic mass is 32.1. The molecule has 0 radical (unpaired) electrons. The van der Waals surface area contributed by atoms with Gasteiger partial charge in [-0.3, -0.25) is 14.4 Å². The van der Waals surface area contributed by atoms with E-state index in [1.165, 1.54) is 11.3 Å². The SMILES string of the molecule is CCN(CCC(=O)Nc1ccc(C(N)=O)cc1)C(=O)c1sc(-c2ccc(OC)c(OC)c2)nc1C. The largest absolute Gasteiger partial charge is 0.493 e. The van der Waals surface area contributed by atoms with E-state index in [2.05, 4.69) is 10.3 Å². The van der Waals surface area contributed by atoms with Gasteiger partial charge in [-0.15, -0.1) is 11.3 Å². The summed E-state index contributed by atoms with van der Waals surface area (Å²) in [5, 5.41) is 3.46. The first kappa shape index (κ1) is 25.7. The molecule has 0 atom stereocenters. The first-order valence-electron chi connectivity index (χ1n) is 11.0. The molecular weight excluding hydrogens is 468 g/mol. The van der Waals surface area contributed by atoms with Gasteiger partial charge in [0.2, 0.25) is 11.8 Å². The molecule has 3 amide bonds. The molecule has 0 aliphatic rings. The van der Waals surface area contributed by atoms with Gasteiger partial charge in [0.25, 0.3) is 5.91 Å². The molecule has 0 aliphatic carbocycles. The predicted molar refractivity (Wildman–Crippen MR) is 135 cm³/mol. The number of methoxy groups -OCH3 is 2. The van der Waals surface area contributed by atoms with Crippen molar-refractivity contribution in [1.29, 1.82) is 0 Å². The monoisotopic (exact) mass is 496 g/mol. The molecule has 3 rings (SSSR count). The van der Waals surface area contributed by atoms with Crippen LogP contribution in [-0.2, 0) is 4.79 Å². The van der Waals surface area contributed by atoms with E-state index in [0.717, 1.165) is 5.56 Å². The first-order chi connectivity index (χ1) is 16.8. The average Bonchev–Trinajstić information content (AvgIpc) is 3.25. The van der Waals surface area contributed by atoms with Crippen LogP contribution < -0.4 is 20.5 Å². The molecule has 9 nitrogen and oxygen atoms in total. The van der Waals surface area contributed by atoms with Crippen molar-refractivity contribution in [3.05, 3.63) is 58.6 Å². The summed E-state index contributed by atoms with van der Waals surface area (Å²) < 4.78 is 10.7. The molecule has 0 saturated carbocycles. The molecule has 1 aromatic heterocycles. The molecular formula is C25H28N4O5S. The Hall–Kier alpha value is -3.92. The van der Waals surface area contributed by atoms with Crippen LogP contribution in [0.2, 0.25) is 0 Å². The maximum Gasteiger partial charge on any atom is 0.265 e. The number of anilines is 1. The minimum Gasteiger partial charge on any atom is -0.493 e. The molecule has 0 spiro atoms. The number of primary amides is 1. The smallest absolute Gasteiger partial charge is 0.265 e. The van der Waals surface area contributed by atoms with E-state index in [9.17, 15) is 14.4 Å². The molecule has 2 aromatic carbocycles. The lowest BCUT2D eigenvalue weighted by Gasteiger charge is -2.20. The summed E-state index contributed by atoms with van der Waals surface area (Å²) in [5.74, 6) is 0.242. The van der Waals surface area contributed by atoms with Gasteiger partial charge in [0.1, 0.15) is 9.88 Å². The number of ether oxygens (including phenoxy) is 2. The Morgan fingerprint density at radius 2 is 1.74 bits per heavy atom. The van der Waals surface area contributed by atoms with E-state index >= 15 is 0 Å². The van der Waals surface area contributed by atoms with E-state index in [4.69, 9.17) is 15.2 Å². The number of hydrogen-bond donors (Lipinski definition) is 2. The Kier molecular flexibility index (Phi) is 8.43. The molecule has 184 valence electrons. The Balaban J connectivity index is 1.67. The number of nitrogens with zero attached hydrogens (tertiary/aromatic N) is 2. The molecule has 0 unspecified atom stereocenters. The Bertz CT molecular complexity index is 1220. The number of aryl methyl sites for hydroxylation is 1. The summed E-state index contributed by atoms with van der Waals surface area (Å²) in [5.41, 5.74) is 7.58. The molecule has 0 aliphatic heterocycles. The Morgan fingerprint density at radius 1 is 1.06 bits per heavy atom. The van der Waals surface area contributed by atoms with Crippen LogP contribution >= 0.6 is 11.3 Å². The summed E-state index contributed by atoms with van der Waals surface area (Å²) in [7, 11) is 3.14. The van der Waals surface area contributed by atoms with Crippen LogP contribution in [0, 0.1) is 6.92 Å². The normalized spacial score (nSPS) is 10.5. The van der Waals surface area contributed by atoms with E-state index in [1.807, 2.05) is 19.1 Å². The Morgan fingerprint density at radius 3 is 2.34 bits per heavy atom. The van der Waals surface area contributed by atoms with Gasteiger partial charge in [0.15, 0.2) is 11.5 Å². The fraction of sp³-hybridized carbons (Fsp3) is 0.280. The fourth-order valence-electron chi connectivity index (χ4n) is 3.41. The summed E-state index contributed by atoms with van der Waals surface area (Å²) in [6.45, 7) is 4.36. The highest BCUT2D eigenvalue weighted by Crippen LogP contribution is 2.35. The number of amides is 3. The summed E-state index contributed by atoms with van der Waals surface area (Å²) >= 11 is 1.30. The molecule has 10 heteroatoms. The van der Waals surface area contributed by atoms with Gasteiger partial charge in [0, 0.05) is 36.3 Å². The van der Waals surface area contributed by atoms with Crippen LogP contribution in [0.4, 0.5) is 5.69 Å². The molecule has 0 bridgehead atoms. The van der Waals surface area contributed by atoms with E-state index < -0.39 is 5.91 Å². The van der Waals surface area contributed by atoms with Crippen LogP contribution in [0.3, 0.4) is 0 Å². The molecule has 1 heterocycles. The van der Waals surface area contributed by atoms with E-state index in [-0.39, 0.29) is 24.8 Å². The molecule has 0 saturated heterocycles. The highest BCUT2D eigenvalue weighted by Gasteiger charge is 2.22. The number of benzene rings is 2. The maximum absolute atomic E-state index is 13.2. The summed E-state index contributed by atoms with van der Waals surface area (Å²) in [6, 6.07) is 11.8. The van der Waals surface area contributed by atoms with E-state index in [1.54, 1.807) is 56.4 Å². The van der Waals surface area contributed by atoms with Gasteiger partial charge in [-0.2, -0.15) is 0 Å². The second kappa shape index (κ2) is 11.5. The number of carbonyl (C=O) groups excluding carboxylic acids is 3. The standard InChI is InChI=1S/C25H28N4O5S/c1-5-29(13-12-21(30)28-18-9-6-16(7-10-18)23(26)31)25(32)22-15(2)27-24(35-22)17-8-11-19(33-3)20(14-17)34-4/h6-11,14H,5,12-13H2,1-4H3,(H2,26,31)(H,28,30). The lowest BCUT2D eigenvalue weighted by molar-refractivity contribution is -0.116. The molecule has 0 fully saturated rings. The van der Waals surface area contributed by atoms with Crippen molar-refractivity contribution in [1.82, 2.24) is 9.88 Å². The van der Waals surface area contributed by atoms with Gasteiger partial charge < -0.3 is 25.4 Å². The number of aromatic nitrogens is 1. The maximum atomic E-state index is 13.2. The second-order valence-corrected chi connectivity index (χ2v) is 8.63. The lowest BCUT2D eigenvalue weighted by Crippen LogP contribution is -2.33. The van der Waals surface area contributed by atoms with Crippen molar-refractivity contribution in [3.63, 3.8) is 0 Å². The van der Waals surface area contributed by atoms with Crippen molar-refractivity contribution < 1.29 is 23.9 Å². The zero-order valence-electron chi connectivity index (χ0n) is 20.1. The number of hydrogen-bond acceptors (Lipinski definition) is 7. The Labute approximate surface area is 207 Å². The topological polar surface area (TPSA) is 124 Å². The van der Waals surface area contributed by atoms with Crippen molar-refractivity contribution >= 4 is 34.7 Å². The zero-order chi connectivity index (χ0) is 25.5. The third kappa shape index (κ3) is 6.15. The number of nitrogens with one attached hydrogen (secondary N) is 1. The van der Waals surface area contributed by atoms with Crippen LogP contribution in [0.25, 0.3) is 10.6 Å². The quantitative estimate of drug-likeness (QED) is 0.441. The van der Waals surface area contributed by atoms with Crippen LogP contribution in [0.5, 0.6) is 11.5 Å². The van der Waals surface area contributed by atoms with Gasteiger partial charge in [-0.05, 0) is 56.3 Å². The van der Waals surface area contributed by atoms with Gasteiger partial charge >= 0.3 is 0 Å². The molecule has 3 aromatic rings. The predicted octanol–water partition coefficient (Wildman–Crippen LogP) is 3.73. The second-order valence-electron chi connectivity index (χ2n) is 7.63. The lowest BCUT2D eigenvalue weighted by atomic mass is 10.2. The zero-order valence-corrected chi connectivity index (χ0v) is 20.9. The third-order valence-corrected chi connectivity index (χ3v) is 6.55. The first-order valence-corrected chi connectivity index (χ1v) is 11.8. The molecule has 35 heavy (non-hydrogen) atoms. The van der Waals surface area contributed by atoms with Crippen molar-refractivity contribution in [2.75, 3.05) is 32.6 Å². The van der Waals surface area contributed by atoms with Gasteiger partial charge in [-0.1, -0.05) is 0 Å². The minimum atomic E-state index is -0.535. The molecule has 3 N–H and O–H groups in total. The number of rotatable bonds is 10. The number of thiazole rings is 1.